The highest BCUT2D eigenvalue weighted by atomic mass is 19.1. The summed E-state index contributed by atoms with van der Waals surface area (Å²) in [6.45, 7) is 3.23. The van der Waals surface area contributed by atoms with Gasteiger partial charge in [-0.1, -0.05) is 0 Å². The third-order valence-corrected chi connectivity index (χ3v) is 7.52. The van der Waals surface area contributed by atoms with Crippen molar-refractivity contribution in [3.05, 3.63) is 29.3 Å². The number of piperidine rings is 1. The number of likely N-dealkylation sites (tertiary alicyclic amines) is 1. The van der Waals surface area contributed by atoms with E-state index in [-0.39, 0.29) is 24.1 Å². The second-order valence-corrected chi connectivity index (χ2v) is 10.5. The maximum absolute atomic E-state index is 14.3. The van der Waals surface area contributed by atoms with Gasteiger partial charge in [-0.15, -0.1) is 0 Å². The van der Waals surface area contributed by atoms with Gasteiger partial charge in [0.05, 0.1) is 18.7 Å². The largest absolute Gasteiger partial charge is 0.490 e. The molecule has 1 aromatic rings. The zero-order valence-corrected chi connectivity index (χ0v) is 20.0. The Labute approximate surface area is 203 Å². The Balaban J connectivity index is 1.14. The summed E-state index contributed by atoms with van der Waals surface area (Å²) in [5, 5.41) is 2.12. The van der Waals surface area contributed by atoms with Crippen molar-refractivity contribution in [1.29, 1.82) is 0 Å². The zero-order chi connectivity index (χ0) is 25.2. The maximum atomic E-state index is 14.3. The molecule has 0 atom stereocenters. The lowest BCUT2D eigenvalue weighted by Crippen LogP contribution is -2.49. The van der Waals surface area contributed by atoms with Crippen LogP contribution in [0.4, 0.5) is 13.6 Å². The van der Waals surface area contributed by atoms with E-state index in [1.54, 1.807) is 0 Å². The number of hydrogen-bond donors (Lipinski definition) is 2. The Morgan fingerprint density at radius 1 is 1.11 bits per heavy atom. The first-order valence-electron chi connectivity index (χ1n) is 12.2. The predicted octanol–water partition coefficient (Wildman–Crippen LogP) is 3.52. The molecular weight excluding hydrogens is 460 g/mol. The van der Waals surface area contributed by atoms with Crippen LogP contribution >= 0.6 is 0 Å². The highest BCUT2D eigenvalue weighted by molar-refractivity contribution is 5.96. The molecule has 1 saturated heterocycles. The standard InChI is InChI=1S/C25H33F2N3O5/c1-24(4-5-24)35-23(33)30-8-6-25(7-9-30)13-16(14-25)3-2-10-34-20-12-18(26)17(11-19(20)27)22(32)29-15-21(28)31/h11-12,16H,2-10,13-15H2,1H3,(H2,28,31)(H,29,32). The molecule has 3 fully saturated rings. The second-order valence-electron chi connectivity index (χ2n) is 10.5. The summed E-state index contributed by atoms with van der Waals surface area (Å²) in [5.74, 6) is -3.18. The Bertz CT molecular complexity index is 982. The van der Waals surface area contributed by atoms with Gasteiger partial charge in [-0.05, 0) is 75.7 Å². The zero-order valence-electron chi connectivity index (χ0n) is 20.0. The van der Waals surface area contributed by atoms with Crippen LogP contribution in [0.3, 0.4) is 0 Å². The van der Waals surface area contributed by atoms with Crippen LogP contribution in [-0.2, 0) is 9.53 Å². The van der Waals surface area contributed by atoms with Crippen LogP contribution in [-0.4, -0.2) is 54.6 Å². The normalized spacial score (nSPS) is 20.1. The van der Waals surface area contributed by atoms with Gasteiger partial charge in [0.15, 0.2) is 11.6 Å². The number of primary amides is 1. The topological polar surface area (TPSA) is 111 Å². The minimum Gasteiger partial charge on any atom is -0.490 e. The second kappa shape index (κ2) is 9.99. The Kier molecular flexibility index (Phi) is 7.19. The summed E-state index contributed by atoms with van der Waals surface area (Å²) >= 11 is 0. The fraction of sp³-hybridized carbons (Fsp3) is 0.640. The molecule has 0 unspecified atom stereocenters. The molecule has 192 valence electrons. The van der Waals surface area contributed by atoms with E-state index in [1.807, 2.05) is 11.8 Å². The molecule has 0 bridgehead atoms. The molecule has 4 rings (SSSR count). The molecule has 1 aliphatic heterocycles. The molecule has 3 aliphatic rings. The molecule has 1 heterocycles. The minimum absolute atomic E-state index is 0.184. The van der Waals surface area contributed by atoms with Crippen LogP contribution in [0.5, 0.6) is 5.75 Å². The molecule has 1 aromatic carbocycles. The van der Waals surface area contributed by atoms with Gasteiger partial charge >= 0.3 is 6.09 Å². The van der Waals surface area contributed by atoms with E-state index in [2.05, 4.69) is 5.32 Å². The van der Waals surface area contributed by atoms with Crippen LogP contribution in [0.2, 0.25) is 0 Å². The van der Waals surface area contributed by atoms with E-state index >= 15 is 0 Å². The van der Waals surface area contributed by atoms with Crippen molar-refractivity contribution in [2.24, 2.45) is 17.1 Å². The summed E-state index contributed by atoms with van der Waals surface area (Å²) in [4.78, 5) is 36.7. The van der Waals surface area contributed by atoms with E-state index in [0.717, 1.165) is 70.2 Å². The average Bonchev–Trinajstić information content (AvgIpc) is 3.52. The van der Waals surface area contributed by atoms with Gasteiger partial charge in [0.2, 0.25) is 5.91 Å². The highest BCUT2D eigenvalue weighted by Crippen LogP contribution is 2.54. The van der Waals surface area contributed by atoms with E-state index < -0.39 is 35.6 Å². The van der Waals surface area contributed by atoms with Gasteiger partial charge in [-0.3, -0.25) is 9.59 Å². The molecule has 35 heavy (non-hydrogen) atoms. The van der Waals surface area contributed by atoms with Crippen molar-refractivity contribution >= 4 is 17.9 Å². The number of amides is 3. The third kappa shape index (κ3) is 6.21. The van der Waals surface area contributed by atoms with E-state index in [1.165, 1.54) is 0 Å². The summed E-state index contributed by atoms with van der Waals surface area (Å²) in [6.07, 6.45) is 7.58. The first kappa shape index (κ1) is 25.2. The number of hydrogen-bond acceptors (Lipinski definition) is 5. The number of carbonyl (C=O) groups is 3. The fourth-order valence-corrected chi connectivity index (χ4v) is 5.12. The molecule has 8 nitrogen and oxygen atoms in total. The van der Waals surface area contributed by atoms with E-state index in [0.29, 0.717) is 17.8 Å². The Morgan fingerprint density at radius 3 is 2.43 bits per heavy atom. The van der Waals surface area contributed by atoms with Gasteiger partial charge in [0.1, 0.15) is 11.4 Å². The summed E-state index contributed by atoms with van der Waals surface area (Å²) in [6, 6.07) is 1.60. The molecular formula is C25H33F2N3O5. The van der Waals surface area contributed by atoms with Crippen LogP contribution in [0.25, 0.3) is 0 Å². The highest BCUT2D eigenvalue weighted by Gasteiger charge is 2.47. The summed E-state index contributed by atoms with van der Waals surface area (Å²) in [5.41, 5.74) is 4.48. The average molecular weight is 494 g/mol. The smallest absolute Gasteiger partial charge is 0.410 e. The molecule has 2 aliphatic carbocycles. The third-order valence-electron chi connectivity index (χ3n) is 7.52. The van der Waals surface area contributed by atoms with Crippen LogP contribution in [0, 0.1) is 23.0 Å². The minimum atomic E-state index is -0.939. The van der Waals surface area contributed by atoms with Gasteiger partial charge in [-0.2, -0.15) is 0 Å². The van der Waals surface area contributed by atoms with Crippen molar-refractivity contribution in [3.8, 4) is 5.75 Å². The van der Waals surface area contributed by atoms with E-state index in [4.69, 9.17) is 15.2 Å². The number of halogens is 2. The number of nitrogens with one attached hydrogen (secondary N) is 1. The molecule has 10 heteroatoms. The molecule has 1 spiro atoms. The molecule has 2 saturated carbocycles. The van der Waals surface area contributed by atoms with Crippen molar-refractivity contribution in [3.63, 3.8) is 0 Å². The van der Waals surface area contributed by atoms with Gasteiger partial charge < -0.3 is 25.4 Å². The molecule has 3 amide bonds. The number of rotatable bonds is 9. The number of ether oxygens (including phenoxy) is 2. The van der Waals surface area contributed by atoms with Crippen LogP contribution < -0.4 is 15.8 Å². The first-order chi connectivity index (χ1) is 16.6. The lowest BCUT2D eigenvalue weighted by Gasteiger charge is -2.52. The SMILES string of the molecule is CC1(OC(=O)N2CCC3(CC2)CC(CCCOc2cc(F)c(C(=O)NCC(N)=O)cc2F)C3)CC1. The monoisotopic (exact) mass is 493 g/mol. The van der Waals surface area contributed by atoms with Gasteiger partial charge in [-0.25, -0.2) is 13.6 Å². The van der Waals surface area contributed by atoms with Crippen LogP contribution in [0.15, 0.2) is 12.1 Å². The Morgan fingerprint density at radius 2 is 1.80 bits per heavy atom. The van der Waals surface area contributed by atoms with Crippen LogP contribution in [0.1, 0.15) is 68.6 Å². The summed E-state index contributed by atoms with van der Waals surface area (Å²) < 4.78 is 39.5. The number of carbonyl (C=O) groups excluding carboxylic acids is 3. The lowest BCUT2D eigenvalue weighted by atomic mass is 9.56. The van der Waals surface area contributed by atoms with Crippen molar-refractivity contribution in [2.75, 3.05) is 26.2 Å². The first-order valence-corrected chi connectivity index (χ1v) is 12.2. The van der Waals surface area contributed by atoms with Crippen molar-refractivity contribution < 1.29 is 32.6 Å². The molecule has 0 aromatic heterocycles. The summed E-state index contributed by atoms with van der Waals surface area (Å²) in [7, 11) is 0. The van der Waals surface area contributed by atoms with Gasteiger partial charge in [0.25, 0.3) is 5.91 Å². The molecule has 0 radical (unpaired) electrons. The molecule has 3 N–H and O–H groups in total. The van der Waals surface area contributed by atoms with E-state index in [9.17, 15) is 23.2 Å². The van der Waals surface area contributed by atoms with Crippen molar-refractivity contribution in [1.82, 2.24) is 10.2 Å². The number of nitrogens with two attached hydrogens (primary N) is 1. The number of nitrogens with zero attached hydrogens (tertiary/aromatic N) is 1. The maximum Gasteiger partial charge on any atom is 0.410 e. The fourth-order valence-electron chi connectivity index (χ4n) is 5.12. The predicted molar refractivity (Wildman–Crippen MR) is 123 cm³/mol. The van der Waals surface area contributed by atoms with Gasteiger partial charge in [0, 0.05) is 19.2 Å². The number of benzene rings is 1. The van der Waals surface area contributed by atoms with Crippen molar-refractivity contribution in [2.45, 2.75) is 63.9 Å². The Hall–Kier alpha value is -2.91. The quantitative estimate of drug-likeness (QED) is 0.512. The lowest BCUT2D eigenvalue weighted by molar-refractivity contribution is -0.117.